The summed E-state index contributed by atoms with van der Waals surface area (Å²) in [6, 6.07) is 14.4. The lowest BCUT2D eigenvalue weighted by Gasteiger charge is -2.34. The van der Waals surface area contributed by atoms with Crippen molar-refractivity contribution in [2.45, 2.75) is 0 Å². The molecule has 0 aromatic heterocycles. The van der Waals surface area contributed by atoms with Gasteiger partial charge in [-0.15, -0.1) is 0 Å². The van der Waals surface area contributed by atoms with Crippen LogP contribution in [0.1, 0.15) is 15.9 Å². The van der Waals surface area contributed by atoms with Crippen LogP contribution in [0.4, 0.5) is 5.69 Å². The Hall–Kier alpha value is -3.19. The molecular formula is C21H23N3O4. The summed E-state index contributed by atoms with van der Waals surface area (Å²) in [6.45, 7) is 3.55. The number of hydrogen-bond acceptors (Lipinski definition) is 5. The summed E-state index contributed by atoms with van der Waals surface area (Å²) in [7, 11) is 1.37. The van der Waals surface area contributed by atoms with E-state index < -0.39 is 4.92 Å². The third-order valence-corrected chi connectivity index (χ3v) is 4.76. The lowest BCUT2D eigenvalue weighted by molar-refractivity contribution is -0.385. The maximum atomic E-state index is 12.7. The smallest absolute Gasteiger partial charge is 0.311 e. The number of benzene rings is 2. The molecule has 0 N–H and O–H groups in total. The molecule has 2 aromatic rings. The molecular weight excluding hydrogens is 358 g/mol. The molecule has 1 heterocycles. The van der Waals surface area contributed by atoms with E-state index in [4.69, 9.17) is 4.74 Å². The van der Waals surface area contributed by atoms with Gasteiger partial charge < -0.3 is 9.64 Å². The maximum absolute atomic E-state index is 12.7. The quantitative estimate of drug-likeness (QED) is 0.568. The summed E-state index contributed by atoms with van der Waals surface area (Å²) >= 11 is 0. The first kappa shape index (κ1) is 19.6. The van der Waals surface area contributed by atoms with Crippen molar-refractivity contribution in [1.29, 1.82) is 0 Å². The predicted molar refractivity (Wildman–Crippen MR) is 107 cm³/mol. The largest absolute Gasteiger partial charge is 0.490 e. The van der Waals surface area contributed by atoms with E-state index in [0.29, 0.717) is 18.7 Å². The van der Waals surface area contributed by atoms with Gasteiger partial charge in [0.05, 0.1) is 12.0 Å². The Morgan fingerprint density at radius 1 is 1.14 bits per heavy atom. The number of ether oxygens (including phenoxy) is 1. The standard InChI is InChI=1S/C21H23N3O4/c1-28-20-10-9-18(16-19(20)24(26)27)21(25)23-14-12-22(13-15-23)11-5-8-17-6-3-2-4-7-17/h2-10,16H,11-15H2,1H3. The van der Waals surface area contributed by atoms with Crippen LogP contribution in [-0.2, 0) is 0 Å². The van der Waals surface area contributed by atoms with E-state index in [9.17, 15) is 14.9 Å². The third kappa shape index (κ3) is 4.75. The van der Waals surface area contributed by atoms with E-state index in [-0.39, 0.29) is 17.3 Å². The number of carbonyl (C=O) groups is 1. The lowest BCUT2D eigenvalue weighted by Crippen LogP contribution is -2.48. The van der Waals surface area contributed by atoms with Gasteiger partial charge in [0.1, 0.15) is 0 Å². The van der Waals surface area contributed by atoms with Gasteiger partial charge in [-0.25, -0.2) is 0 Å². The first-order valence-electron chi connectivity index (χ1n) is 9.14. The van der Waals surface area contributed by atoms with Crippen LogP contribution in [-0.4, -0.2) is 60.5 Å². The van der Waals surface area contributed by atoms with Crippen LogP contribution in [0.25, 0.3) is 6.08 Å². The number of carbonyl (C=O) groups excluding carboxylic acids is 1. The summed E-state index contributed by atoms with van der Waals surface area (Å²) in [5.41, 5.74) is 1.28. The lowest BCUT2D eigenvalue weighted by atomic mass is 10.1. The van der Waals surface area contributed by atoms with Gasteiger partial charge >= 0.3 is 5.69 Å². The predicted octanol–water partition coefficient (Wildman–Crippen LogP) is 3.07. The van der Waals surface area contributed by atoms with Crippen molar-refractivity contribution in [3.8, 4) is 5.75 Å². The van der Waals surface area contributed by atoms with Crippen molar-refractivity contribution in [3.63, 3.8) is 0 Å². The Morgan fingerprint density at radius 2 is 1.86 bits per heavy atom. The van der Waals surface area contributed by atoms with Crippen LogP contribution in [0.15, 0.2) is 54.6 Å². The summed E-state index contributed by atoms with van der Waals surface area (Å²) in [5, 5.41) is 11.2. The molecule has 3 rings (SSSR count). The highest BCUT2D eigenvalue weighted by molar-refractivity contribution is 5.95. The second-order valence-electron chi connectivity index (χ2n) is 6.55. The fraction of sp³-hybridized carbons (Fsp3) is 0.286. The van der Waals surface area contributed by atoms with Crippen molar-refractivity contribution in [3.05, 3.63) is 75.8 Å². The molecule has 7 nitrogen and oxygen atoms in total. The molecule has 0 radical (unpaired) electrons. The summed E-state index contributed by atoms with van der Waals surface area (Å²) < 4.78 is 4.99. The van der Waals surface area contributed by atoms with Crippen LogP contribution < -0.4 is 4.74 Å². The average molecular weight is 381 g/mol. The second kappa shape index (κ2) is 9.14. The topological polar surface area (TPSA) is 75.9 Å². The number of methoxy groups -OCH3 is 1. The van der Waals surface area contributed by atoms with Crippen LogP contribution in [0.2, 0.25) is 0 Å². The van der Waals surface area contributed by atoms with Crippen molar-refractivity contribution >= 4 is 17.7 Å². The highest BCUT2D eigenvalue weighted by atomic mass is 16.6. The monoisotopic (exact) mass is 381 g/mol. The minimum Gasteiger partial charge on any atom is -0.490 e. The first-order chi connectivity index (χ1) is 13.6. The van der Waals surface area contributed by atoms with Gasteiger partial charge in [0.25, 0.3) is 5.91 Å². The van der Waals surface area contributed by atoms with E-state index in [0.717, 1.165) is 25.2 Å². The van der Waals surface area contributed by atoms with E-state index in [1.54, 1.807) is 11.0 Å². The van der Waals surface area contributed by atoms with Gasteiger partial charge in [0.2, 0.25) is 0 Å². The Balaban J connectivity index is 1.56. The zero-order chi connectivity index (χ0) is 19.9. The van der Waals surface area contributed by atoms with Gasteiger partial charge in [-0.2, -0.15) is 0 Å². The zero-order valence-electron chi connectivity index (χ0n) is 15.8. The second-order valence-corrected chi connectivity index (χ2v) is 6.55. The Labute approximate surface area is 164 Å². The third-order valence-electron chi connectivity index (χ3n) is 4.76. The van der Waals surface area contributed by atoms with E-state index >= 15 is 0 Å². The number of nitro benzene ring substituents is 1. The number of nitro groups is 1. The molecule has 2 aromatic carbocycles. The summed E-state index contributed by atoms with van der Waals surface area (Å²) in [4.78, 5) is 27.4. The molecule has 0 aliphatic carbocycles. The Kier molecular flexibility index (Phi) is 6.39. The maximum Gasteiger partial charge on any atom is 0.311 e. The van der Waals surface area contributed by atoms with E-state index in [1.807, 2.05) is 18.2 Å². The van der Waals surface area contributed by atoms with Gasteiger partial charge in [-0.05, 0) is 17.7 Å². The molecule has 0 bridgehead atoms. The molecule has 146 valence electrons. The SMILES string of the molecule is COc1ccc(C(=O)N2CCN(CC=Cc3ccccc3)CC2)cc1[N+](=O)[O-]. The summed E-state index contributed by atoms with van der Waals surface area (Å²) in [6.07, 6.45) is 4.22. The highest BCUT2D eigenvalue weighted by Crippen LogP contribution is 2.28. The Morgan fingerprint density at radius 3 is 2.50 bits per heavy atom. The van der Waals surface area contributed by atoms with Crippen molar-refractivity contribution in [1.82, 2.24) is 9.80 Å². The molecule has 1 saturated heterocycles. The van der Waals surface area contributed by atoms with Crippen molar-refractivity contribution < 1.29 is 14.5 Å². The zero-order valence-corrected chi connectivity index (χ0v) is 15.8. The highest BCUT2D eigenvalue weighted by Gasteiger charge is 2.24. The molecule has 0 atom stereocenters. The molecule has 1 aliphatic heterocycles. The van der Waals surface area contributed by atoms with E-state index in [2.05, 4.69) is 29.2 Å². The van der Waals surface area contributed by atoms with Gasteiger partial charge in [0, 0.05) is 44.4 Å². The van der Waals surface area contributed by atoms with Crippen molar-refractivity contribution in [2.24, 2.45) is 0 Å². The van der Waals surface area contributed by atoms with Gasteiger partial charge in [-0.1, -0.05) is 42.5 Å². The van der Waals surface area contributed by atoms with Crippen LogP contribution in [0.5, 0.6) is 5.75 Å². The van der Waals surface area contributed by atoms with Crippen LogP contribution >= 0.6 is 0 Å². The summed E-state index contributed by atoms with van der Waals surface area (Å²) in [5.74, 6) is -0.0400. The minimum atomic E-state index is -0.535. The normalized spacial score (nSPS) is 15.0. The van der Waals surface area contributed by atoms with Gasteiger partial charge in [-0.3, -0.25) is 19.8 Å². The first-order valence-corrected chi connectivity index (χ1v) is 9.14. The van der Waals surface area contributed by atoms with Gasteiger partial charge in [0.15, 0.2) is 5.75 Å². The molecule has 0 saturated carbocycles. The number of nitrogens with zero attached hydrogens (tertiary/aromatic N) is 3. The fourth-order valence-electron chi connectivity index (χ4n) is 3.18. The fourth-order valence-corrected chi connectivity index (χ4v) is 3.18. The number of amides is 1. The molecule has 1 aliphatic rings. The van der Waals surface area contributed by atoms with Crippen LogP contribution in [0, 0.1) is 10.1 Å². The average Bonchev–Trinajstić information content (AvgIpc) is 2.74. The Bertz CT molecular complexity index is 859. The molecule has 1 fully saturated rings. The molecule has 0 spiro atoms. The van der Waals surface area contributed by atoms with Crippen LogP contribution in [0.3, 0.4) is 0 Å². The molecule has 28 heavy (non-hydrogen) atoms. The number of piperazine rings is 1. The molecule has 0 unspecified atom stereocenters. The molecule has 7 heteroatoms. The van der Waals surface area contributed by atoms with E-state index in [1.165, 1.54) is 19.2 Å². The number of hydrogen-bond donors (Lipinski definition) is 0. The molecule has 1 amide bonds. The van der Waals surface area contributed by atoms with Crippen molar-refractivity contribution in [2.75, 3.05) is 39.8 Å². The number of rotatable bonds is 6. The minimum absolute atomic E-state index is 0.150.